The summed E-state index contributed by atoms with van der Waals surface area (Å²) < 4.78 is 13.5. The second-order valence-electron chi connectivity index (χ2n) is 6.01. The van der Waals surface area contributed by atoms with E-state index in [1.165, 1.54) is 4.88 Å². The van der Waals surface area contributed by atoms with Crippen molar-refractivity contribution in [2.24, 2.45) is 0 Å². The molecule has 0 aliphatic rings. The number of thiophene rings is 1. The molecule has 0 amide bonds. The largest absolute Gasteiger partial charge is 0.490 e. The summed E-state index contributed by atoms with van der Waals surface area (Å²) in [6.45, 7) is 6.66. The number of unbranched alkanes of at least 4 members (excludes halogenated alkanes) is 1. The van der Waals surface area contributed by atoms with E-state index in [0.29, 0.717) is 25.7 Å². The number of hydrogen-bond acceptors (Lipinski definition) is 7. The number of nitrogens with one attached hydrogen (secondary N) is 1. The molecule has 0 fully saturated rings. The molecule has 1 aromatic carbocycles. The molecule has 144 valence electrons. The molecule has 0 aliphatic heterocycles. The van der Waals surface area contributed by atoms with E-state index >= 15 is 0 Å². The number of aryl methyl sites for hydroxylation is 1. The van der Waals surface area contributed by atoms with Crippen LogP contribution in [-0.4, -0.2) is 26.8 Å². The number of anilines is 1. The Bertz CT molecular complexity index is 819. The summed E-state index contributed by atoms with van der Waals surface area (Å²) in [5.74, 6) is 2.18. The van der Waals surface area contributed by atoms with E-state index in [4.69, 9.17) is 9.47 Å². The van der Waals surface area contributed by atoms with Gasteiger partial charge in [0.25, 0.3) is 0 Å². The number of benzene rings is 1. The lowest BCUT2D eigenvalue weighted by molar-refractivity contribution is 0.271. The van der Waals surface area contributed by atoms with Gasteiger partial charge in [0.1, 0.15) is 6.61 Å². The zero-order chi connectivity index (χ0) is 18.9. The van der Waals surface area contributed by atoms with E-state index in [1.807, 2.05) is 36.6 Å². The van der Waals surface area contributed by atoms with Gasteiger partial charge in [-0.3, -0.25) is 0 Å². The van der Waals surface area contributed by atoms with Gasteiger partial charge in [-0.1, -0.05) is 30.6 Å². The summed E-state index contributed by atoms with van der Waals surface area (Å²) in [5, 5.41) is 17.2. The maximum Gasteiger partial charge on any atom is 0.243 e. The Morgan fingerprint density at radius 2 is 2.07 bits per heavy atom. The lowest BCUT2D eigenvalue weighted by Crippen LogP contribution is -2.09. The van der Waals surface area contributed by atoms with Gasteiger partial charge >= 0.3 is 0 Å². The molecule has 0 bridgehead atoms. The van der Waals surface area contributed by atoms with Crippen LogP contribution >= 0.6 is 11.3 Å². The summed E-state index contributed by atoms with van der Waals surface area (Å²) >= 11 is 1.68. The van der Waals surface area contributed by atoms with Crippen LogP contribution in [0.1, 0.15) is 37.1 Å². The Morgan fingerprint density at radius 3 is 2.85 bits per heavy atom. The van der Waals surface area contributed by atoms with Gasteiger partial charge in [-0.2, -0.15) is 0 Å². The Balaban J connectivity index is 1.63. The highest BCUT2D eigenvalue weighted by Gasteiger charge is 2.09. The first kappa shape index (κ1) is 19.2. The molecule has 0 spiro atoms. The van der Waals surface area contributed by atoms with E-state index in [0.717, 1.165) is 36.4 Å². The first-order chi connectivity index (χ1) is 13.3. The minimum absolute atomic E-state index is 0.543. The molecule has 27 heavy (non-hydrogen) atoms. The Morgan fingerprint density at radius 1 is 1.15 bits per heavy atom. The monoisotopic (exact) mass is 387 g/mol. The summed E-state index contributed by atoms with van der Waals surface area (Å²) in [5.41, 5.74) is 1.08. The fourth-order valence-corrected chi connectivity index (χ4v) is 3.18. The molecule has 0 saturated carbocycles. The molecule has 3 aromatic rings. The maximum absolute atomic E-state index is 5.93. The number of aromatic nitrogens is 4. The van der Waals surface area contributed by atoms with Crippen molar-refractivity contribution in [1.29, 1.82) is 0 Å². The topological polar surface area (TPSA) is 74.1 Å². The second-order valence-corrected chi connectivity index (χ2v) is 7.05. The number of nitrogens with zero attached hydrogens (tertiary/aromatic N) is 4. The third-order valence-corrected chi connectivity index (χ3v) is 4.81. The highest BCUT2D eigenvalue weighted by molar-refractivity contribution is 7.09. The average Bonchev–Trinajstić information content (AvgIpc) is 3.36. The lowest BCUT2D eigenvalue weighted by Gasteiger charge is -2.13. The Labute approximate surface area is 163 Å². The van der Waals surface area contributed by atoms with Crippen LogP contribution in [0.15, 0.2) is 35.7 Å². The molecule has 1 N–H and O–H groups in total. The van der Waals surface area contributed by atoms with Crippen molar-refractivity contribution in [2.45, 2.75) is 46.4 Å². The van der Waals surface area contributed by atoms with Crippen molar-refractivity contribution < 1.29 is 9.47 Å². The molecule has 8 heteroatoms. The van der Waals surface area contributed by atoms with Crippen LogP contribution in [0.3, 0.4) is 0 Å². The summed E-state index contributed by atoms with van der Waals surface area (Å²) in [4.78, 5) is 1.18. The number of tetrazole rings is 1. The first-order valence-corrected chi connectivity index (χ1v) is 10.1. The Hall–Kier alpha value is -2.61. The SMILES string of the molecule is CCCCn1nnnc1NCc1ccc(OCc2cccs2)c(OCC)c1. The second kappa shape index (κ2) is 9.91. The van der Waals surface area contributed by atoms with Gasteiger partial charge in [0.2, 0.25) is 5.95 Å². The average molecular weight is 388 g/mol. The third kappa shape index (κ3) is 5.43. The van der Waals surface area contributed by atoms with Gasteiger partial charge in [0.15, 0.2) is 11.5 Å². The van der Waals surface area contributed by atoms with Crippen molar-refractivity contribution >= 4 is 17.3 Å². The van der Waals surface area contributed by atoms with Gasteiger partial charge < -0.3 is 14.8 Å². The minimum Gasteiger partial charge on any atom is -0.490 e. The zero-order valence-electron chi connectivity index (χ0n) is 15.7. The zero-order valence-corrected chi connectivity index (χ0v) is 16.5. The van der Waals surface area contributed by atoms with Crippen LogP contribution in [-0.2, 0) is 19.7 Å². The number of rotatable bonds is 11. The standard InChI is InChI=1S/C19H25N5O2S/c1-3-5-10-24-19(21-22-23-24)20-13-15-8-9-17(18(12-15)25-4-2)26-14-16-7-6-11-27-16/h6-9,11-12H,3-5,10,13-14H2,1-2H3,(H,20,21,23). The maximum atomic E-state index is 5.93. The van der Waals surface area contributed by atoms with Gasteiger partial charge in [-0.15, -0.1) is 11.3 Å². The lowest BCUT2D eigenvalue weighted by atomic mass is 10.2. The summed E-state index contributed by atoms with van der Waals surface area (Å²) in [6.07, 6.45) is 2.15. The quantitative estimate of drug-likeness (QED) is 0.533. The van der Waals surface area contributed by atoms with Crippen molar-refractivity contribution in [1.82, 2.24) is 20.2 Å². The molecule has 7 nitrogen and oxygen atoms in total. The molecular weight excluding hydrogens is 362 g/mol. The van der Waals surface area contributed by atoms with Crippen LogP contribution in [0.25, 0.3) is 0 Å². The van der Waals surface area contributed by atoms with E-state index in [2.05, 4.69) is 33.8 Å². The molecule has 0 unspecified atom stereocenters. The van der Waals surface area contributed by atoms with Gasteiger partial charge in [0.05, 0.1) is 6.61 Å². The van der Waals surface area contributed by atoms with Gasteiger partial charge in [-0.25, -0.2) is 4.68 Å². The van der Waals surface area contributed by atoms with Crippen molar-refractivity contribution in [2.75, 3.05) is 11.9 Å². The third-order valence-electron chi connectivity index (χ3n) is 3.96. The molecule has 0 aliphatic carbocycles. The molecule has 2 aromatic heterocycles. The van der Waals surface area contributed by atoms with Crippen LogP contribution in [0, 0.1) is 0 Å². The van der Waals surface area contributed by atoms with Gasteiger partial charge in [-0.05, 0) is 52.9 Å². The highest BCUT2D eigenvalue weighted by Crippen LogP contribution is 2.30. The predicted molar refractivity (Wildman–Crippen MR) is 106 cm³/mol. The molecule has 0 atom stereocenters. The minimum atomic E-state index is 0.543. The molecule has 3 rings (SSSR count). The van der Waals surface area contributed by atoms with Crippen LogP contribution in [0.2, 0.25) is 0 Å². The van der Waals surface area contributed by atoms with Crippen molar-refractivity contribution in [3.63, 3.8) is 0 Å². The van der Waals surface area contributed by atoms with Crippen LogP contribution in [0.5, 0.6) is 11.5 Å². The fraction of sp³-hybridized carbons (Fsp3) is 0.421. The summed E-state index contributed by atoms with van der Waals surface area (Å²) in [6, 6.07) is 10.1. The van der Waals surface area contributed by atoms with Crippen molar-refractivity contribution in [3.05, 3.63) is 46.2 Å². The van der Waals surface area contributed by atoms with Crippen LogP contribution < -0.4 is 14.8 Å². The number of ether oxygens (including phenoxy) is 2. The van der Waals surface area contributed by atoms with Crippen molar-refractivity contribution in [3.8, 4) is 11.5 Å². The summed E-state index contributed by atoms with van der Waals surface area (Å²) in [7, 11) is 0. The smallest absolute Gasteiger partial charge is 0.243 e. The van der Waals surface area contributed by atoms with E-state index in [9.17, 15) is 0 Å². The highest BCUT2D eigenvalue weighted by atomic mass is 32.1. The first-order valence-electron chi connectivity index (χ1n) is 9.21. The molecule has 2 heterocycles. The van der Waals surface area contributed by atoms with E-state index < -0.39 is 0 Å². The number of hydrogen-bond donors (Lipinski definition) is 1. The fourth-order valence-electron chi connectivity index (χ4n) is 2.56. The predicted octanol–water partition coefficient (Wildman–Crippen LogP) is 4.12. The molecule has 0 saturated heterocycles. The Kier molecular flexibility index (Phi) is 7.04. The van der Waals surface area contributed by atoms with E-state index in [-0.39, 0.29) is 0 Å². The normalized spacial score (nSPS) is 10.7. The molecule has 0 radical (unpaired) electrons. The van der Waals surface area contributed by atoms with Gasteiger partial charge in [0, 0.05) is 18.0 Å². The van der Waals surface area contributed by atoms with E-state index in [1.54, 1.807) is 16.0 Å². The molecular formula is C19H25N5O2S. The van der Waals surface area contributed by atoms with Crippen LogP contribution in [0.4, 0.5) is 5.95 Å².